The van der Waals surface area contributed by atoms with Gasteiger partial charge in [0.2, 0.25) is 0 Å². The maximum Gasteiger partial charge on any atom is 0.296 e. The third kappa shape index (κ3) is 4.93. The summed E-state index contributed by atoms with van der Waals surface area (Å²) in [6.07, 6.45) is 0. The van der Waals surface area contributed by atoms with Crippen LogP contribution in [0.1, 0.15) is 11.1 Å². The molecular formula is C24H21N3O7S2. The Morgan fingerprint density at radius 2 is 1.50 bits per heavy atom. The molecule has 12 heteroatoms. The molecule has 36 heavy (non-hydrogen) atoms. The number of aromatic hydroxyl groups is 1. The molecule has 0 aliphatic carbocycles. The lowest BCUT2D eigenvalue weighted by Gasteiger charge is -2.12. The molecule has 5 N–H and O–H groups in total. The second-order valence-electron chi connectivity index (χ2n) is 8.20. The summed E-state index contributed by atoms with van der Waals surface area (Å²) in [4.78, 5) is -1.44. The van der Waals surface area contributed by atoms with Crippen molar-refractivity contribution in [1.82, 2.24) is 0 Å². The first-order valence-corrected chi connectivity index (χ1v) is 13.3. The van der Waals surface area contributed by atoms with E-state index >= 15 is 0 Å². The van der Waals surface area contributed by atoms with E-state index in [0.717, 1.165) is 34.9 Å². The normalized spacial score (nSPS) is 12.4. The Hall–Kier alpha value is -3.84. The molecule has 186 valence electrons. The van der Waals surface area contributed by atoms with Gasteiger partial charge in [-0.3, -0.25) is 9.11 Å². The molecule has 0 amide bonds. The zero-order chi connectivity index (χ0) is 26.4. The Balaban J connectivity index is 1.86. The van der Waals surface area contributed by atoms with E-state index in [1.165, 1.54) is 0 Å². The van der Waals surface area contributed by atoms with E-state index in [1.54, 1.807) is 13.0 Å². The maximum atomic E-state index is 12.1. The number of nitrogens with zero attached hydrogens (tertiary/aromatic N) is 2. The number of hydrogen-bond acceptors (Lipinski definition) is 8. The predicted octanol–water partition coefficient (Wildman–Crippen LogP) is 5.32. The number of phenols is 1. The fourth-order valence-electron chi connectivity index (χ4n) is 3.81. The highest BCUT2D eigenvalue weighted by Crippen LogP contribution is 2.44. The lowest BCUT2D eigenvalue weighted by atomic mass is 10.0. The van der Waals surface area contributed by atoms with E-state index < -0.39 is 41.5 Å². The van der Waals surface area contributed by atoms with Gasteiger partial charge in [-0.25, -0.2) is 0 Å². The number of fused-ring (bicyclic) bond motifs is 1. The van der Waals surface area contributed by atoms with Crippen LogP contribution in [0.4, 0.5) is 17.1 Å². The molecule has 0 saturated carbocycles. The van der Waals surface area contributed by atoms with Crippen LogP contribution in [0.5, 0.6) is 5.75 Å². The van der Waals surface area contributed by atoms with Crippen molar-refractivity contribution in [2.45, 2.75) is 23.6 Å². The summed E-state index contributed by atoms with van der Waals surface area (Å²) in [5.74, 6) is -0.739. The third-order valence-corrected chi connectivity index (χ3v) is 7.23. The highest BCUT2D eigenvalue weighted by Gasteiger charge is 2.24. The van der Waals surface area contributed by atoms with Crippen molar-refractivity contribution in [3.63, 3.8) is 0 Å². The first kappa shape index (κ1) is 25.3. The Morgan fingerprint density at radius 1 is 0.806 bits per heavy atom. The summed E-state index contributed by atoms with van der Waals surface area (Å²) in [6, 6.07) is 16.0. The quantitative estimate of drug-likeness (QED) is 0.153. The van der Waals surface area contributed by atoms with Gasteiger partial charge in [-0.15, -0.1) is 5.11 Å². The minimum atomic E-state index is -4.94. The van der Waals surface area contributed by atoms with Crippen molar-refractivity contribution < 1.29 is 31.0 Å². The number of anilines is 1. The van der Waals surface area contributed by atoms with Gasteiger partial charge in [0.05, 0.1) is 10.6 Å². The average Bonchev–Trinajstić information content (AvgIpc) is 2.77. The van der Waals surface area contributed by atoms with Gasteiger partial charge in [0.15, 0.2) is 5.75 Å². The van der Waals surface area contributed by atoms with Crippen LogP contribution in [0.15, 0.2) is 80.7 Å². The summed E-state index contributed by atoms with van der Waals surface area (Å²) in [5.41, 5.74) is 9.15. The topological polar surface area (TPSA) is 180 Å². The van der Waals surface area contributed by atoms with Crippen LogP contribution in [0.25, 0.3) is 21.9 Å². The van der Waals surface area contributed by atoms with Gasteiger partial charge < -0.3 is 10.8 Å². The van der Waals surface area contributed by atoms with Gasteiger partial charge in [-0.05, 0) is 66.3 Å². The number of nitrogen functional groups attached to an aromatic ring is 1. The highest BCUT2D eigenvalue weighted by atomic mass is 32.2. The molecule has 0 radical (unpaired) electrons. The number of nitrogens with two attached hydrogens (primary N) is 1. The lowest BCUT2D eigenvalue weighted by molar-refractivity contribution is 0.472. The van der Waals surface area contributed by atoms with Crippen molar-refractivity contribution in [2.24, 2.45) is 10.2 Å². The minimum absolute atomic E-state index is 0.129. The van der Waals surface area contributed by atoms with Crippen molar-refractivity contribution in [1.29, 1.82) is 0 Å². The minimum Gasteiger partial charge on any atom is -0.505 e. The van der Waals surface area contributed by atoms with E-state index in [0.29, 0.717) is 11.3 Å². The van der Waals surface area contributed by atoms with E-state index in [1.807, 2.05) is 43.3 Å². The Bertz CT molecular complexity index is 1780. The number of benzene rings is 4. The molecule has 0 saturated heterocycles. The maximum absolute atomic E-state index is 12.1. The fraction of sp³-hybridized carbons (Fsp3) is 0.0833. The predicted molar refractivity (Wildman–Crippen MR) is 135 cm³/mol. The van der Waals surface area contributed by atoms with E-state index in [2.05, 4.69) is 10.2 Å². The molecule has 4 rings (SSSR count). The second-order valence-corrected chi connectivity index (χ2v) is 11.0. The molecule has 0 heterocycles. The van der Waals surface area contributed by atoms with Crippen LogP contribution < -0.4 is 5.73 Å². The van der Waals surface area contributed by atoms with Crippen LogP contribution in [0.2, 0.25) is 0 Å². The standard InChI is InChI=1S/C24H21N3O7S2/c1-13-4-3-5-15(8-13)16-6-7-20(14(2)9-16)26-27-23-21(36(32,33)34)11-17-10-18(35(29,30)31)12-19(25)22(17)24(23)28/h3-12,28H,25H2,1-2H3,(H,29,30,31)(H,32,33,34). The van der Waals surface area contributed by atoms with Crippen molar-refractivity contribution in [3.05, 3.63) is 71.8 Å². The van der Waals surface area contributed by atoms with Crippen LogP contribution in [-0.4, -0.2) is 31.0 Å². The van der Waals surface area contributed by atoms with Crippen LogP contribution in [0.3, 0.4) is 0 Å². The van der Waals surface area contributed by atoms with Gasteiger partial charge in [-0.1, -0.05) is 35.9 Å². The molecule has 4 aromatic rings. The summed E-state index contributed by atoms with van der Waals surface area (Å²) >= 11 is 0. The molecule has 0 unspecified atom stereocenters. The first-order valence-electron chi connectivity index (χ1n) is 10.4. The summed E-state index contributed by atoms with van der Waals surface area (Å²) < 4.78 is 66.2. The second kappa shape index (κ2) is 8.99. The zero-order valence-corrected chi connectivity index (χ0v) is 20.7. The highest BCUT2D eigenvalue weighted by molar-refractivity contribution is 7.86. The largest absolute Gasteiger partial charge is 0.505 e. The van der Waals surface area contributed by atoms with Crippen molar-refractivity contribution in [2.75, 3.05) is 5.73 Å². The molecule has 0 atom stereocenters. The fourth-order valence-corrected chi connectivity index (χ4v) is 5.02. The lowest BCUT2D eigenvalue weighted by Crippen LogP contribution is -2.02. The number of hydrogen-bond donors (Lipinski definition) is 4. The number of phenolic OH excluding ortho intramolecular Hbond substituents is 1. The summed E-state index contributed by atoms with van der Waals surface area (Å²) in [6.45, 7) is 3.77. The van der Waals surface area contributed by atoms with Gasteiger partial charge in [0.1, 0.15) is 10.6 Å². The number of aryl methyl sites for hydroxylation is 2. The zero-order valence-electron chi connectivity index (χ0n) is 19.0. The SMILES string of the molecule is Cc1cccc(-c2ccc(N=Nc3c(S(=O)(=O)O)cc4cc(S(=O)(=O)O)cc(N)c4c3O)c(C)c2)c1. The van der Waals surface area contributed by atoms with E-state index in [9.17, 15) is 31.0 Å². The van der Waals surface area contributed by atoms with Gasteiger partial charge in [0.25, 0.3) is 20.2 Å². The van der Waals surface area contributed by atoms with Gasteiger partial charge in [0, 0.05) is 11.1 Å². The van der Waals surface area contributed by atoms with Crippen molar-refractivity contribution in [3.8, 4) is 16.9 Å². The number of rotatable bonds is 5. The van der Waals surface area contributed by atoms with Gasteiger partial charge >= 0.3 is 0 Å². The summed E-state index contributed by atoms with van der Waals surface area (Å²) in [5, 5.41) is 18.5. The van der Waals surface area contributed by atoms with Crippen LogP contribution >= 0.6 is 0 Å². The van der Waals surface area contributed by atoms with E-state index in [4.69, 9.17) is 5.73 Å². The Morgan fingerprint density at radius 3 is 2.11 bits per heavy atom. The van der Waals surface area contributed by atoms with Gasteiger partial charge in [-0.2, -0.15) is 21.9 Å². The molecule has 0 aliphatic heterocycles. The Labute approximate surface area is 207 Å². The van der Waals surface area contributed by atoms with E-state index in [-0.39, 0.29) is 16.5 Å². The Kier molecular flexibility index (Phi) is 6.31. The molecule has 0 fully saturated rings. The average molecular weight is 528 g/mol. The third-order valence-electron chi connectivity index (χ3n) is 5.54. The van der Waals surface area contributed by atoms with Crippen LogP contribution in [-0.2, 0) is 20.2 Å². The molecule has 0 spiro atoms. The molecule has 0 aromatic heterocycles. The first-order chi connectivity index (χ1) is 16.8. The smallest absolute Gasteiger partial charge is 0.296 e. The van der Waals surface area contributed by atoms with Crippen LogP contribution in [0, 0.1) is 13.8 Å². The van der Waals surface area contributed by atoms with Crippen molar-refractivity contribution >= 4 is 48.1 Å². The molecule has 0 bridgehead atoms. The monoisotopic (exact) mass is 527 g/mol. The summed E-state index contributed by atoms with van der Waals surface area (Å²) in [7, 11) is -9.62. The molecule has 10 nitrogen and oxygen atoms in total. The number of azo groups is 1. The molecule has 0 aliphatic rings. The molecule has 4 aromatic carbocycles. The molecular weight excluding hydrogens is 506 g/mol.